The first kappa shape index (κ1) is 12.4. The van der Waals surface area contributed by atoms with Crippen molar-refractivity contribution in [2.24, 2.45) is 5.92 Å². The number of aryl methyl sites for hydroxylation is 1. The number of piperidine rings is 1. The van der Waals surface area contributed by atoms with Gasteiger partial charge >= 0.3 is 6.03 Å². The van der Waals surface area contributed by atoms with Crippen LogP contribution >= 0.6 is 11.3 Å². The molecule has 1 unspecified atom stereocenters. The predicted octanol–water partition coefficient (Wildman–Crippen LogP) is 2.18. The average Bonchev–Trinajstić information content (AvgIpc) is 2.73. The van der Waals surface area contributed by atoms with Gasteiger partial charge in [0, 0.05) is 11.4 Å². The highest BCUT2D eigenvalue weighted by Crippen LogP contribution is 2.20. The molecule has 1 aromatic rings. The first-order valence-corrected chi connectivity index (χ1v) is 6.87. The molecular formula is C12H19N3OS. The van der Waals surface area contributed by atoms with Crippen LogP contribution in [0, 0.1) is 12.8 Å². The maximum Gasteiger partial charge on any atom is 0.319 e. The summed E-state index contributed by atoms with van der Waals surface area (Å²) in [6.45, 7) is 4.90. The fourth-order valence-corrected chi connectivity index (χ4v) is 2.76. The van der Waals surface area contributed by atoms with Crippen LogP contribution in [-0.2, 0) is 0 Å². The molecular weight excluding hydrogens is 234 g/mol. The molecule has 0 radical (unpaired) electrons. The van der Waals surface area contributed by atoms with Crippen molar-refractivity contribution in [2.75, 3.05) is 25.0 Å². The van der Waals surface area contributed by atoms with Crippen LogP contribution in [0.15, 0.2) is 12.1 Å². The number of rotatable bonds is 3. The zero-order valence-electron chi connectivity index (χ0n) is 10.1. The number of carbonyl (C=O) groups is 1. The maximum absolute atomic E-state index is 11.6. The number of urea groups is 1. The summed E-state index contributed by atoms with van der Waals surface area (Å²) in [6.07, 6.45) is 2.41. The summed E-state index contributed by atoms with van der Waals surface area (Å²) in [7, 11) is 0. The minimum atomic E-state index is -0.0996. The number of hydrogen-bond donors (Lipinski definition) is 3. The molecule has 0 aromatic carbocycles. The molecule has 3 N–H and O–H groups in total. The molecule has 2 heterocycles. The molecule has 1 aliphatic heterocycles. The molecule has 2 rings (SSSR count). The Bertz CT molecular complexity index is 372. The maximum atomic E-state index is 11.6. The lowest BCUT2D eigenvalue weighted by molar-refractivity contribution is 0.248. The molecule has 0 aliphatic carbocycles. The number of amides is 2. The quantitative estimate of drug-likeness (QED) is 0.773. The van der Waals surface area contributed by atoms with E-state index in [4.69, 9.17) is 0 Å². The third-order valence-corrected chi connectivity index (χ3v) is 3.84. The number of carbonyl (C=O) groups excluding carboxylic acids is 1. The number of nitrogens with one attached hydrogen (secondary N) is 3. The molecule has 94 valence electrons. The lowest BCUT2D eigenvalue weighted by Crippen LogP contribution is -2.39. The monoisotopic (exact) mass is 253 g/mol. The van der Waals surface area contributed by atoms with Crippen LogP contribution in [0.4, 0.5) is 9.80 Å². The van der Waals surface area contributed by atoms with Gasteiger partial charge in [-0.15, -0.1) is 11.3 Å². The second-order valence-corrected chi connectivity index (χ2v) is 5.75. The molecule has 5 heteroatoms. The van der Waals surface area contributed by atoms with Gasteiger partial charge in [0.25, 0.3) is 0 Å². The van der Waals surface area contributed by atoms with Crippen LogP contribution in [0.2, 0.25) is 0 Å². The van der Waals surface area contributed by atoms with Crippen LogP contribution in [0.25, 0.3) is 0 Å². The van der Waals surface area contributed by atoms with Crippen molar-refractivity contribution in [3.8, 4) is 0 Å². The van der Waals surface area contributed by atoms with Crippen molar-refractivity contribution in [2.45, 2.75) is 19.8 Å². The number of hydrogen-bond acceptors (Lipinski definition) is 3. The molecule has 17 heavy (non-hydrogen) atoms. The summed E-state index contributed by atoms with van der Waals surface area (Å²) in [4.78, 5) is 12.8. The molecule has 0 saturated carbocycles. The van der Waals surface area contributed by atoms with Gasteiger partial charge in [-0.2, -0.15) is 0 Å². The Balaban J connectivity index is 1.70. The van der Waals surface area contributed by atoms with E-state index in [1.54, 1.807) is 11.3 Å². The van der Waals surface area contributed by atoms with Crippen molar-refractivity contribution in [1.29, 1.82) is 0 Å². The summed E-state index contributed by atoms with van der Waals surface area (Å²) < 4.78 is 0. The molecule has 0 bridgehead atoms. The highest BCUT2D eigenvalue weighted by atomic mass is 32.1. The van der Waals surface area contributed by atoms with E-state index >= 15 is 0 Å². The minimum Gasteiger partial charge on any atom is -0.338 e. The summed E-state index contributed by atoms with van der Waals surface area (Å²) in [5.41, 5.74) is 0. The van der Waals surface area contributed by atoms with E-state index in [1.165, 1.54) is 17.7 Å². The third-order valence-electron chi connectivity index (χ3n) is 2.93. The predicted molar refractivity (Wildman–Crippen MR) is 71.7 cm³/mol. The van der Waals surface area contributed by atoms with E-state index in [-0.39, 0.29) is 6.03 Å². The number of anilines is 1. The summed E-state index contributed by atoms with van der Waals surface area (Å²) >= 11 is 1.59. The smallest absolute Gasteiger partial charge is 0.319 e. The standard InChI is InChI=1S/C12H19N3OS/c1-9-4-5-11(17-9)15-12(16)14-8-10-3-2-6-13-7-10/h4-5,10,13H,2-3,6-8H2,1H3,(H2,14,15,16). The van der Waals surface area contributed by atoms with Crippen LogP contribution in [0.5, 0.6) is 0 Å². The van der Waals surface area contributed by atoms with Gasteiger partial charge < -0.3 is 10.6 Å². The molecule has 4 nitrogen and oxygen atoms in total. The average molecular weight is 253 g/mol. The molecule has 1 fully saturated rings. The SMILES string of the molecule is Cc1ccc(NC(=O)NCC2CCCNC2)s1. The molecule has 2 amide bonds. The highest BCUT2D eigenvalue weighted by Gasteiger charge is 2.13. The number of thiophene rings is 1. The Morgan fingerprint density at radius 3 is 3.12 bits per heavy atom. The lowest BCUT2D eigenvalue weighted by atomic mass is 10.00. The molecule has 1 aliphatic rings. The summed E-state index contributed by atoms with van der Waals surface area (Å²) in [5, 5.41) is 10.0. The van der Waals surface area contributed by atoms with E-state index in [1.807, 2.05) is 19.1 Å². The van der Waals surface area contributed by atoms with E-state index in [0.717, 1.165) is 24.6 Å². The molecule has 0 spiro atoms. The summed E-state index contributed by atoms with van der Waals surface area (Å²) in [6, 6.07) is 3.84. The van der Waals surface area contributed by atoms with Crippen LogP contribution in [0.1, 0.15) is 17.7 Å². The van der Waals surface area contributed by atoms with Gasteiger partial charge in [-0.3, -0.25) is 5.32 Å². The lowest BCUT2D eigenvalue weighted by Gasteiger charge is -2.22. The molecule has 1 aromatic heterocycles. The Labute approximate surface area is 106 Å². The van der Waals surface area contributed by atoms with Gasteiger partial charge in [-0.05, 0) is 50.9 Å². The van der Waals surface area contributed by atoms with Crippen molar-refractivity contribution in [3.63, 3.8) is 0 Å². The van der Waals surface area contributed by atoms with E-state index in [2.05, 4.69) is 16.0 Å². The minimum absolute atomic E-state index is 0.0996. The van der Waals surface area contributed by atoms with Crippen LogP contribution in [0.3, 0.4) is 0 Å². The van der Waals surface area contributed by atoms with Crippen molar-refractivity contribution < 1.29 is 4.79 Å². The summed E-state index contributed by atoms with van der Waals surface area (Å²) in [5.74, 6) is 0.569. The fourth-order valence-electron chi connectivity index (χ4n) is 1.99. The normalized spacial score (nSPS) is 19.9. The van der Waals surface area contributed by atoms with Crippen LogP contribution < -0.4 is 16.0 Å². The first-order valence-electron chi connectivity index (χ1n) is 6.06. The Morgan fingerprint density at radius 1 is 1.59 bits per heavy atom. The van der Waals surface area contributed by atoms with Gasteiger partial charge in [0.05, 0.1) is 5.00 Å². The van der Waals surface area contributed by atoms with Crippen molar-refractivity contribution >= 4 is 22.4 Å². The Kier molecular flexibility index (Phi) is 4.39. The largest absolute Gasteiger partial charge is 0.338 e. The van der Waals surface area contributed by atoms with Crippen LogP contribution in [-0.4, -0.2) is 25.7 Å². The van der Waals surface area contributed by atoms with Gasteiger partial charge in [-0.1, -0.05) is 0 Å². The van der Waals surface area contributed by atoms with Gasteiger partial charge in [0.1, 0.15) is 0 Å². The van der Waals surface area contributed by atoms with Gasteiger partial charge in [0.15, 0.2) is 0 Å². The van der Waals surface area contributed by atoms with Crippen molar-refractivity contribution in [3.05, 3.63) is 17.0 Å². The van der Waals surface area contributed by atoms with E-state index < -0.39 is 0 Å². The highest BCUT2D eigenvalue weighted by molar-refractivity contribution is 7.16. The molecule has 1 atom stereocenters. The van der Waals surface area contributed by atoms with E-state index in [0.29, 0.717) is 5.92 Å². The molecule has 1 saturated heterocycles. The van der Waals surface area contributed by atoms with E-state index in [9.17, 15) is 4.79 Å². The van der Waals surface area contributed by atoms with Gasteiger partial charge in [-0.25, -0.2) is 4.79 Å². The second kappa shape index (κ2) is 6.02. The topological polar surface area (TPSA) is 53.2 Å². The zero-order valence-corrected chi connectivity index (χ0v) is 10.9. The fraction of sp³-hybridized carbons (Fsp3) is 0.583. The second-order valence-electron chi connectivity index (χ2n) is 4.46. The Hall–Kier alpha value is -1.07. The zero-order chi connectivity index (χ0) is 12.1. The van der Waals surface area contributed by atoms with Crippen molar-refractivity contribution in [1.82, 2.24) is 10.6 Å². The Morgan fingerprint density at radius 2 is 2.47 bits per heavy atom. The third kappa shape index (κ3) is 4.02. The van der Waals surface area contributed by atoms with Gasteiger partial charge in [0.2, 0.25) is 0 Å². The first-order chi connectivity index (χ1) is 8.24.